The van der Waals surface area contributed by atoms with Crippen molar-refractivity contribution in [2.45, 2.75) is 19.3 Å². The first kappa shape index (κ1) is 17.9. The van der Waals surface area contributed by atoms with Crippen molar-refractivity contribution in [1.82, 2.24) is 0 Å². The summed E-state index contributed by atoms with van der Waals surface area (Å²) in [6.45, 7) is 0. The van der Waals surface area contributed by atoms with E-state index >= 15 is 0 Å². The average Bonchev–Trinajstić information content (AvgIpc) is 2.65. The monoisotopic (exact) mass is 374 g/mol. The van der Waals surface area contributed by atoms with E-state index in [-0.39, 0.29) is 16.3 Å². The molecule has 0 atom stereocenters. The van der Waals surface area contributed by atoms with Crippen LogP contribution in [-0.2, 0) is 11.3 Å². The van der Waals surface area contributed by atoms with Gasteiger partial charge in [-0.1, -0.05) is 16.8 Å². The lowest BCUT2D eigenvalue weighted by Crippen LogP contribution is -2.14. The van der Waals surface area contributed by atoms with Crippen LogP contribution in [0, 0.1) is 10.1 Å². The molecule has 0 aliphatic heterocycles. The molecular formula is C18H15ClN2O5. The zero-order chi connectivity index (χ0) is 18.7. The molecule has 0 N–H and O–H groups in total. The minimum Gasteiger partial charge on any atom is -0.497 e. The number of carbonyl (C=O) groups is 1. The second kappa shape index (κ2) is 7.53. The molecule has 0 fully saturated rings. The molecule has 3 rings (SSSR count). The van der Waals surface area contributed by atoms with Crippen LogP contribution in [0.15, 0.2) is 41.6 Å². The van der Waals surface area contributed by atoms with Crippen molar-refractivity contribution < 1.29 is 19.3 Å². The van der Waals surface area contributed by atoms with E-state index in [9.17, 15) is 14.9 Å². The minimum atomic E-state index is -0.766. The van der Waals surface area contributed by atoms with Crippen molar-refractivity contribution in [2.24, 2.45) is 5.16 Å². The molecule has 0 bridgehead atoms. The molecule has 0 amide bonds. The summed E-state index contributed by atoms with van der Waals surface area (Å²) in [5.74, 6) is -0.00214. The van der Waals surface area contributed by atoms with Gasteiger partial charge in [0.15, 0.2) is 0 Å². The van der Waals surface area contributed by atoms with Crippen LogP contribution >= 0.6 is 11.6 Å². The first-order chi connectivity index (χ1) is 12.5. The van der Waals surface area contributed by atoms with Crippen LogP contribution in [0.3, 0.4) is 0 Å². The van der Waals surface area contributed by atoms with Crippen LogP contribution in [0.2, 0.25) is 5.02 Å². The number of benzene rings is 2. The van der Waals surface area contributed by atoms with Crippen LogP contribution < -0.4 is 4.74 Å². The summed E-state index contributed by atoms with van der Waals surface area (Å²) < 4.78 is 5.22. The summed E-state index contributed by atoms with van der Waals surface area (Å²) in [5, 5.41) is 14.7. The number of methoxy groups -OCH3 is 1. The zero-order valence-electron chi connectivity index (χ0n) is 13.9. The minimum absolute atomic E-state index is 0.0207. The summed E-state index contributed by atoms with van der Waals surface area (Å²) in [6, 6.07) is 9.21. The number of carbonyl (C=O) groups excluding carboxylic acids is 1. The van der Waals surface area contributed by atoms with E-state index in [0.29, 0.717) is 12.1 Å². The molecule has 2 aromatic carbocycles. The van der Waals surface area contributed by atoms with Crippen LogP contribution in [0.25, 0.3) is 0 Å². The normalized spacial score (nSPS) is 14.6. The molecule has 7 nitrogen and oxygen atoms in total. The molecule has 1 aliphatic carbocycles. The van der Waals surface area contributed by atoms with Gasteiger partial charge >= 0.3 is 5.97 Å². The number of rotatable bonds is 4. The van der Waals surface area contributed by atoms with Crippen LogP contribution in [0.5, 0.6) is 5.75 Å². The third kappa shape index (κ3) is 3.67. The maximum absolute atomic E-state index is 12.2. The van der Waals surface area contributed by atoms with E-state index in [1.54, 1.807) is 7.11 Å². The molecule has 0 unspecified atom stereocenters. The van der Waals surface area contributed by atoms with Crippen molar-refractivity contribution in [2.75, 3.05) is 7.11 Å². The molecule has 8 heteroatoms. The van der Waals surface area contributed by atoms with Crippen molar-refractivity contribution >= 4 is 29.0 Å². The van der Waals surface area contributed by atoms with E-state index < -0.39 is 10.9 Å². The Morgan fingerprint density at radius 2 is 2.04 bits per heavy atom. The molecule has 0 heterocycles. The summed E-state index contributed by atoms with van der Waals surface area (Å²) in [5.41, 5.74) is 2.49. The number of ether oxygens (including phenoxy) is 1. The average molecular weight is 375 g/mol. The van der Waals surface area contributed by atoms with E-state index in [0.717, 1.165) is 35.8 Å². The third-order valence-electron chi connectivity index (χ3n) is 4.11. The summed E-state index contributed by atoms with van der Waals surface area (Å²) in [7, 11) is 1.61. The molecule has 0 saturated heterocycles. The number of fused-ring (bicyclic) bond motifs is 1. The highest BCUT2D eigenvalue weighted by Crippen LogP contribution is 2.27. The van der Waals surface area contributed by atoms with Gasteiger partial charge in [0.1, 0.15) is 5.75 Å². The van der Waals surface area contributed by atoms with Gasteiger partial charge < -0.3 is 9.57 Å². The Labute approximate surface area is 154 Å². The van der Waals surface area contributed by atoms with Crippen LogP contribution in [0.1, 0.15) is 34.3 Å². The largest absolute Gasteiger partial charge is 0.497 e. The Hall–Kier alpha value is -2.93. The third-order valence-corrected chi connectivity index (χ3v) is 4.42. The summed E-state index contributed by atoms with van der Waals surface area (Å²) in [6.07, 6.45) is 2.46. The molecule has 26 heavy (non-hydrogen) atoms. The zero-order valence-corrected chi connectivity index (χ0v) is 14.7. The van der Waals surface area contributed by atoms with Crippen molar-refractivity contribution in [3.63, 3.8) is 0 Å². The molecule has 2 aromatic rings. The second-order valence-electron chi connectivity index (χ2n) is 5.71. The Balaban J connectivity index is 1.81. The molecule has 0 saturated carbocycles. The number of hydrogen-bond donors (Lipinski definition) is 0. The lowest BCUT2D eigenvalue weighted by atomic mass is 9.90. The highest BCUT2D eigenvalue weighted by molar-refractivity contribution is 6.33. The van der Waals surface area contributed by atoms with Crippen molar-refractivity contribution in [3.05, 3.63) is 68.2 Å². The van der Waals surface area contributed by atoms with Gasteiger partial charge in [-0.3, -0.25) is 10.1 Å². The van der Waals surface area contributed by atoms with E-state index in [1.165, 1.54) is 12.1 Å². The lowest BCUT2D eigenvalue weighted by molar-refractivity contribution is -0.384. The van der Waals surface area contributed by atoms with Gasteiger partial charge in [-0.15, -0.1) is 0 Å². The number of halogens is 1. The van der Waals surface area contributed by atoms with Gasteiger partial charge in [0, 0.05) is 17.7 Å². The molecule has 134 valence electrons. The Bertz CT molecular complexity index is 910. The topological polar surface area (TPSA) is 91.0 Å². The van der Waals surface area contributed by atoms with Gasteiger partial charge in [0.2, 0.25) is 0 Å². The van der Waals surface area contributed by atoms with Crippen LogP contribution in [-0.4, -0.2) is 23.7 Å². The van der Waals surface area contributed by atoms with Gasteiger partial charge in [-0.2, -0.15) is 0 Å². The Morgan fingerprint density at radius 1 is 1.23 bits per heavy atom. The lowest BCUT2D eigenvalue weighted by Gasteiger charge is -2.18. The van der Waals surface area contributed by atoms with E-state index in [4.69, 9.17) is 21.2 Å². The number of nitro groups is 1. The second-order valence-corrected chi connectivity index (χ2v) is 6.12. The molecular weight excluding hydrogens is 360 g/mol. The number of aryl methyl sites for hydroxylation is 1. The number of oxime groups is 1. The van der Waals surface area contributed by atoms with E-state index in [1.807, 2.05) is 18.2 Å². The molecule has 0 radical (unpaired) electrons. The fraction of sp³-hybridized carbons (Fsp3) is 0.222. The van der Waals surface area contributed by atoms with Crippen LogP contribution in [0.4, 0.5) is 5.69 Å². The molecule has 0 aromatic heterocycles. The Morgan fingerprint density at radius 3 is 2.73 bits per heavy atom. The smallest absolute Gasteiger partial charge is 0.367 e. The predicted octanol–water partition coefficient (Wildman–Crippen LogP) is 4.15. The van der Waals surface area contributed by atoms with E-state index in [2.05, 4.69) is 5.16 Å². The molecule has 1 aliphatic rings. The summed E-state index contributed by atoms with van der Waals surface area (Å²) in [4.78, 5) is 27.4. The maximum Gasteiger partial charge on any atom is 0.367 e. The number of nitrogens with zero attached hydrogens (tertiary/aromatic N) is 2. The van der Waals surface area contributed by atoms with Gasteiger partial charge in [0.05, 0.1) is 28.3 Å². The standard InChI is InChI=1S/C18H15ClN2O5/c1-25-13-6-8-14-11(9-13)3-2-4-17(14)20-26-18(22)15-7-5-12(21(23)24)10-16(15)19/h5-10H,2-4H2,1H3/b20-17+. The van der Waals surface area contributed by atoms with Crippen molar-refractivity contribution in [3.8, 4) is 5.75 Å². The number of non-ortho nitro benzene ring substituents is 1. The number of hydrogen-bond acceptors (Lipinski definition) is 6. The van der Waals surface area contributed by atoms with Gasteiger partial charge in [-0.05, 0) is 49.1 Å². The van der Waals surface area contributed by atoms with Gasteiger partial charge in [0.25, 0.3) is 5.69 Å². The maximum atomic E-state index is 12.2. The highest BCUT2D eigenvalue weighted by Gasteiger charge is 2.19. The number of nitro benzene ring substituents is 1. The van der Waals surface area contributed by atoms with Gasteiger partial charge in [-0.25, -0.2) is 4.79 Å². The SMILES string of the molecule is COc1ccc2c(c1)CCC/C2=N\OC(=O)c1ccc([N+](=O)[O-])cc1Cl. The first-order valence-corrected chi connectivity index (χ1v) is 8.27. The highest BCUT2D eigenvalue weighted by atomic mass is 35.5. The Kier molecular flexibility index (Phi) is 5.18. The molecule has 0 spiro atoms. The quantitative estimate of drug-likeness (QED) is 0.455. The summed E-state index contributed by atoms with van der Waals surface area (Å²) >= 11 is 5.94. The predicted molar refractivity (Wildman–Crippen MR) is 96.0 cm³/mol. The fourth-order valence-corrected chi connectivity index (χ4v) is 3.04. The van der Waals surface area contributed by atoms with Crippen molar-refractivity contribution in [1.29, 1.82) is 0 Å². The fourth-order valence-electron chi connectivity index (χ4n) is 2.79. The first-order valence-electron chi connectivity index (χ1n) is 7.89.